The molecule has 0 aromatic heterocycles. The molecule has 3 nitrogen and oxygen atoms in total. The lowest BCUT2D eigenvalue weighted by Gasteiger charge is -2.14. The topological polar surface area (TPSA) is 60.7 Å². The first-order chi connectivity index (χ1) is 10.2. The van der Waals surface area contributed by atoms with Gasteiger partial charge in [-0.25, -0.2) is 0 Å². The van der Waals surface area contributed by atoms with E-state index in [2.05, 4.69) is 6.92 Å². The van der Waals surface area contributed by atoms with Gasteiger partial charge in [-0.2, -0.15) is 0 Å². The first-order valence-corrected chi connectivity index (χ1v) is 9.17. The van der Waals surface area contributed by atoms with E-state index in [1.165, 1.54) is 38.5 Å². The number of aliphatic hydroxyl groups is 3. The van der Waals surface area contributed by atoms with Gasteiger partial charge in [0.2, 0.25) is 0 Å². The predicted octanol–water partition coefficient (Wildman–Crippen LogP) is 4.18. The largest absolute Gasteiger partial charge is 0.396 e. The van der Waals surface area contributed by atoms with Crippen molar-refractivity contribution in [3.05, 3.63) is 0 Å². The van der Waals surface area contributed by atoms with Crippen LogP contribution in [-0.2, 0) is 0 Å². The van der Waals surface area contributed by atoms with Gasteiger partial charge >= 0.3 is 0 Å². The van der Waals surface area contributed by atoms with Crippen molar-refractivity contribution in [3.8, 4) is 0 Å². The number of unbranched alkanes of at least 4 members (excludes halogenated alkanes) is 8. The van der Waals surface area contributed by atoms with E-state index in [1.54, 1.807) is 0 Å². The molecule has 0 bridgehead atoms. The fourth-order valence-corrected chi connectivity index (χ4v) is 2.68. The van der Waals surface area contributed by atoms with Crippen molar-refractivity contribution in [3.63, 3.8) is 0 Å². The molecular formula is C18H38O3. The van der Waals surface area contributed by atoms with Gasteiger partial charge in [0.15, 0.2) is 0 Å². The van der Waals surface area contributed by atoms with Crippen molar-refractivity contribution in [2.24, 2.45) is 0 Å². The lowest BCUT2D eigenvalue weighted by molar-refractivity contribution is 0.101. The molecule has 21 heavy (non-hydrogen) atoms. The minimum absolute atomic E-state index is 0.227. The second kappa shape index (κ2) is 16.3. The molecule has 0 aromatic rings. The van der Waals surface area contributed by atoms with Gasteiger partial charge in [0.05, 0.1) is 12.2 Å². The van der Waals surface area contributed by atoms with Gasteiger partial charge in [-0.1, -0.05) is 64.7 Å². The smallest absolute Gasteiger partial charge is 0.0541 e. The van der Waals surface area contributed by atoms with Crippen LogP contribution in [0.4, 0.5) is 0 Å². The normalized spacial score (nSPS) is 14.3. The van der Waals surface area contributed by atoms with Crippen LogP contribution in [-0.4, -0.2) is 34.1 Å². The van der Waals surface area contributed by atoms with E-state index in [1.807, 2.05) is 0 Å². The number of rotatable bonds is 16. The summed E-state index contributed by atoms with van der Waals surface area (Å²) in [4.78, 5) is 0. The second-order valence-electron chi connectivity index (χ2n) is 6.37. The summed E-state index contributed by atoms with van der Waals surface area (Å²) < 4.78 is 0. The molecule has 0 amide bonds. The minimum atomic E-state index is -0.243. The van der Waals surface area contributed by atoms with Crippen molar-refractivity contribution in [2.75, 3.05) is 6.61 Å². The second-order valence-corrected chi connectivity index (χ2v) is 6.37. The summed E-state index contributed by atoms with van der Waals surface area (Å²) in [7, 11) is 0. The molecule has 2 atom stereocenters. The Kier molecular flexibility index (Phi) is 16.2. The molecule has 0 aliphatic rings. The molecule has 0 heterocycles. The molecule has 128 valence electrons. The summed E-state index contributed by atoms with van der Waals surface area (Å²) in [5, 5.41) is 28.4. The maximum Gasteiger partial charge on any atom is 0.0541 e. The highest BCUT2D eigenvalue weighted by Crippen LogP contribution is 2.14. The third kappa shape index (κ3) is 16.1. The lowest BCUT2D eigenvalue weighted by atomic mass is 10.0. The minimum Gasteiger partial charge on any atom is -0.396 e. The summed E-state index contributed by atoms with van der Waals surface area (Å²) in [6.07, 6.45) is 14.2. The van der Waals surface area contributed by atoms with Crippen molar-refractivity contribution in [2.45, 2.75) is 109 Å². The summed E-state index contributed by atoms with van der Waals surface area (Å²) in [6, 6.07) is 0. The van der Waals surface area contributed by atoms with Gasteiger partial charge in [-0.3, -0.25) is 0 Å². The average Bonchev–Trinajstić information content (AvgIpc) is 2.48. The van der Waals surface area contributed by atoms with Gasteiger partial charge in [-0.05, 0) is 32.1 Å². The Hall–Kier alpha value is -0.120. The summed E-state index contributed by atoms with van der Waals surface area (Å²) in [5.74, 6) is 0. The average molecular weight is 302 g/mol. The Labute approximate surface area is 131 Å². The van der Waals surface area contributed by atoms with Crippen LogP contribution in [0.2, 0.25) is 0 Å². The van der Waals surface area contributed by atoms with Crippen LogP contribution in [0.25, 0.3) is 0 Å². The highest BCUT2D eigenvalue weighted by molar-refractivity contribution is 4.62. The van der Waals surface area contributed by atoms with Crippen molar-refractivity contribution < 1.29 is 15.3 Å². The molecule has 3 heteroatoms. The van der Waals surface area contributed by atoms with Gasteiger partial charge in [0.1, 0.15) is 0 Å². The maximum absolute atomic E-state index is 9.90. The van der Waals surface area contributed by atoms with E-state index in [9.17, 15) is 10.2 Å². The zero-order chi connectivity index (χ0) is 15.8. The van der Waals surface area contributed by atoms with E-state index in [-0.39, 0.29) is 12.2 Å². The molecule has 0 radical (unpaired) electrons. The van der Waals surface area contributed by atoms with Crippen molar-refractivity contribution in [1.82, 2.24) is 0 Å². The summed E-state index contributed by atoms with van der Waals surface area (Å²) >= 11 is 0. The van der Waals surface area contributed by atoms with Crippen LogP contribution in [0.1, 0.15) is 96.8 Å². The highest BCUT2D eigenvalue weighted by Gasteiger charge is 2.09. The Bertz CT molecular complexity index is 197. The Morgan fingerprint density at radius 3 is 1.48 bits per heavy atom. The standard InChI is InChI=1S/C18H38O3/c1-2-3-4-9-12-17(20)14-15-18(21)13-10-7-5-6-8-11-16-19/h17-21H,2-16H2,1H3/t17-,18-/m1/s1. The van der Waals surface area contributed by atoms with Gasteiger partial charge < -0.3 is 15.3 Å². The Balaban J connectivity index is 3.30. The quantitative estimate of drug-likeness (QED) is 0.375. The van der Waals surface area contributed by atoms with Crippen LogP contribution >= 0.6 is 0 Å². The van der Waals surface area contributed by atoms with Gasteiger partial charge in [0, 0.05) is 6.61 Å². The molecule has 0 saturated carbocycles. The zero-order valence-corrected chi connectivity index (χ0v) is 14.1. The Morgan fingerprint density at radius 2 is 1.00 bits per heavy atom. The lowest BCUT2D eigenvalue weighted by Crippen LogP contribution is -2.13. The predicted molar refractivity (Wildman–Crippen MR) is 89.4 cm³/mol. The Morgan fingerprint density at radius 1 is 0.571 bits per heavy atom. The van der Waals surface area contributed by atoms with E-state index in [4.69, 9.17) is 5.11 Å². The molecule has 0 fully saturated rings. The van der Waals surface area contributed by atoms with E-state index >= 15 is 0 Å². The molecule has 0 aliphatic carbocycles. The van der Waals surface area contributed by atoms with Crippen molar-refractivity contribution in [1.29, 1.82) is 0 Å². The van der Waals surface area contributed by atoms with Crippen LogP contribution < -0.4 is 0 Å². The number of hydrogen-bond acceptors (Lipinski definition) is 3. The molecule has 0 spiro atoms. The molecular weight excluding hydrogens is 264 g/mol. The zero-order valence-electron chi connectivity index (χ0n) is 14.1. The van der Waals surface area contributed by atoms with Crippen LogP contribution in [0.5, 0.6) is 0 Å². The fourth-order valence-electron chi connectivity index (χ4n) is 2.68. The van der Waals surface area contributed by atoms with Crippen LogP contribution in [0.3, 0.4) is 0 Å². The molecule has 0 aliphatic heterocycles. The first kappa shape index (κ1) is 20.9. The summed E-state index contributed by atoms with van der Waals surface area (Å²) in [6.45, 7) is 2.50. The van der Waals surface area contributed by atoms with Crippen LogP contribution in [0, 0.1) is 0 Å². The first-order valence-electron chi connectivity index (χ1n) is 9.17. The molecule has 0 aromatic carbocycles. The molecule has 0 unspecified atom stereocenters. The van der Waals surface area contributed by atoms with Gasteiger partial charge in [-0.15, -0.1) is 0 Å². The fraction of sp³-hybridized carbons (Fsp3) is 1.00. The molecule has 3 N–H and O–H groups in total. The highest BCUT2D eigenvalue weighted by atomic mass is 16.3. The van der Waals surface area contributed by atoms with E-state index in [0.717, 1.165) is 51.4 Å². The third-order valence-electron chi connectivity index (χ3n) is 4.17. The molecule has 0 saturated heterocycles. The SMILES string of the molecule is CCCCCC[C@@H](O)CC[C@H](O)CCCCCCCCO. The number of hydrogen-bond donors (Lipinski definition) is 3. The third-order valence-corrected chi connectivity index (χ3v) is 4.17. The number of aliphatic hydroxyl groups excluding tert-OH is 3. The van der Waals surface area contributed by atoms with Gasteiger partial charge in [0.25, 0.3) is 0 Å². The summed E-state index contributed by atoms with van der Waals surface area (Å²) in [5.41, 5.74) is 0. The molecule has 0 rings (SSSR count). The monoisotopic (exact) mass is 302 g/mol. The van der Waals surface area contributed by atoms with E-state index < -0.39 is 0 Å². The maximum atomic E-state index is 9.90. The van der Waals surface area contributed by atoms with E-state index in [0.29, 0.717) is 6.61 Å². The van der Waals surface area contributed by atoms with Crippen molar-refractivity contribution >= 4 is 0 Å². The van der Waals surface area contributed by atoms with Crippen LogP contribution in [0.15, 0.2) is 0 Å².